The number of ether oxygens (including phenoxy) is 3. The summed E-state index contributed by atoms with van der Waals surface area (Å²) in [6, 6.07) is 5.95. The smallest absolute Gasteiger partial charge is 0.119 e. The van der Waals surface area contributed by atoms with Gasteiger partial charge in [0.1, 0.15) is 5.75 Å². The lowest BCUT2D eigenvalue weighted by Crippen LogP contribution is -2.43. The lowest BCUT2D eigenvalue weighted by Gasteiger charge is -2.39. The van der Waals surface area contributed by atoms with E-state index in [1.165, 1.54) is 0 Å². The zero-order valence-corrected chi connectivity index (χ0v) is 13.9. The van der Waals surface area contributed by atoms with Crippen LogP contribution in [0.4, 0.5) is 0 Å². The zero-order valence-electron chi connectivity index (χ0n) is 12.3. The Balaban J connectivity index is 1.79. The van der Waals surface area contributed by atoms with Crippen molar-refractivity contribution in [3.8, 4) is 5.75 Å². The second-order valence-corrected chi connectivity index (χ2v) is 6.85. The number of halogens is 1. The topological polar surface area (TPSA) is 53.7 Å². The van der Waals surface area contributed by atoms with E-state index in [0.29, 0.717) is 12.5 Å². The van der Waals surface area contributed by atoms with Crippen LogP contribution >= 0.6 is 15.9 Å². The van der Waals surface area contributed by atoms with E-state index in [1.807, 2.05) is 18.2 Å². The second kappa shape index (κ2) is 6.24. The third-order valence-corrected chi connectivity index (χ3v) is 5.39. The van der Waals surface area contributed by atoms with Crippen molar-refractivity contribution >= 4 is 15.9 Å². The van der Waals surface area contributed by atoms with E-state index in [0.717, 1.165) is 48.3 Å². The summed E-state index contributed by atoms with van der Waals surface area (Å²) in [7, 11) is 1.68. The first-order valence-electron chi connectivity index (χ1n) is 7.44. The molecule has 0 radical (unpaired) electrons. The average molecular weight is 356 g/mol. The van der Waals surface area contributed by atoms with Gasteiger partial charge < -0.3 is 19.9 Å². The molecule has 116 valence electrons. The minimum absolute atomic E-state index is 0.0177. The zero-order chi connectivity index (χ0) is 14.9. The Morgan fingerprint density at radius 1 is 1.43 bits per heavy atom. The van der Waals surface area contributed by atoms with Crippen molar-refractivity contribution in [1.82, 2.24) is 0 Å². The Hall–Kier alpha value is -0.620. The Morgan fingerprint density at radius 2 is 2.29 bits per heavy atom. The highest BCUT2D eigenvalue weighted by Crippen LogP contribution is 2.41. The van der Waals surface area contributed by atoms with E-state index < -0.39 is 0 Å². The van der Waals surface area contributed by atoms with Gasteiger partial charge in [0.05, 0.1) is 19.3 Å². The van der Waals surface area contributed by atoms with Gasteiger partial charge >= 0.3 is 0 Å². The molecule has 0 saturated carbocycles. The predicted molar refractivity (Wildman–Crippen MR) is 84.5 cm³/mol. The van der Waals surface area contributed by atoms with Crippen LogP contribution in [-0.2, 0) is 9.47 Å². The first-order valence-corrected chi connectivity index (χ1v) is 8.24. The highest BCUT2D eigenvalue weighted by atomic mass is 79.9. The summed E-state index contributed by atoms with van der Waals surface area (Å²) in [5, 5.41) is 0. The molecule has 1 aromatic carbocycles. The summed E-state index contributed by atoms with van der Waals surface area (Å²) in [6.45, 7) is 2.27. The molecule has 0 aliphatic carbocycles. The maximum atomic E-state index is 6.56. The number of rotatable bonds is 3. The molecule has 3 atom stereocenters. The maximum absolute atomic E-state index is 6.56. The molecule has 2 fully saturated rings. The van der Waals surface area contributed by atoms with E-state index in [4.69, 9.17) is 19.9 Å². The van der Waals surface area contributed by atoms with Gasteiger partial charge in [0.15, 0.2) is 0 Å². The van der Waals surface area contributed by atoms with Crippen LogP contribution in [0.1, 0.15) is 30.9 Å². The minimum Gasteiger partial charge on any atom is -0.497 e. The summed E-state index contributed by atoms with van der Waals surface area (Å²) in [6.07, 6.45) is 2.94. The molecule has 0 amide bonds. The lowest BCUT2D eigenvalue weighted by atomic mass is 9.79. The van der Waals surface area contributed by atoms with Gasteiger partial charge in [0.25, 0.3) is 0 Å². The first kappa shape index (κ1) is 15.3. The average Bonchev–Trinajstić information content (AvgIpc) is 2.95. The van der Waals surface area contributed by atoms with E-state index in [-0.39, 0.29) is 11.6 Å². The van der Waals surface area contributed by atoms with Gasteiger partial charge in [-0.05, 0) is 42.5 Å². The third kappa shape index (κ3) is 3.11. The Morgan fingerprint density at radius 3 is 3.00 bits per heavy atom. The van der Waals surface area contributed by atoms with Crippen LogP contribution in [0.25, 0.3) is 0 Å². The molecule has 0 aromatic heterocycles. The van der Waals surface area contributed by atoms with E-state index >= 15 is 0 Å². The van der Waals surface area contributed by atoms with Gasteiger partial charge in [0.2, 0.25) is 0 Å². The number of nitrogens with two attached hydrogens (primary N) is 1. The van der Waals surface area contributed by atoms with Crippen molar-refractivity contribution in [3.63, 3.8) is 0 Å². The van der Waals surface area contributed by atoms with Crippen molar-refractivity contribution in [3.05, 3.63) is 28.2 Å². The monoisotopic (exact) mass is 355 g/mol. The molecule has 2 saturated heterocycles. The van der Waals surface area contributed by atoms with Crippen LogP contribution in [0.5, 0.6) is 5.75 Å². The van der Waals surface area contributed by atoms with Gasteiger partial charge in [-0.2, -0.15) is 0 Å². The fourth-order valence-corrected chi connectivity index (χ4v) is 3.90. The number of hydrogen-bond donors (Lipinski definition) is 1. The Labute approximate surface area is 134 Å². The van der Waals surface area contributed by atoms with Gasteiger partial charge in [-0.25, -0.2) is 0 Å². The lowest BCUT2D eigenvalue weighted by molar-refractivity contribution is -0.101. The SMILES string of the molecule is COc1ccc(Br)c(C(N)C2CCOC3(CCOC3)C2)c1. The number of benzene rings is 1. The first-order chi connectivity index (χ1) is 10.1. The molecule has 2 heterocycles. The fourth-order valence-electron chi connectivity index (χ4n) is 3.39. The molecule has 1 spiro atoms. The number of methoxy groups -OCH3 is 1. The highest BCUT2D eigenvalue weighted by molar-refractivity contribution is 9.10. The van der Waals surface area contributed by atoms with E-state index in [1.54, 1.807) is 7.11 Å². The van der Waals surface area contributed by atoms with Crippen LogP contribution in [0.15, 0.2) is 22.7 Å². The molecule has 1 aromatic rings. The fraction of sp³-hybridized carbons (Fsp3) is 0.625. The molecule has 2 N–H and O–H groups in total. The quantitative estimate of drug-likeness (QED) is 0.905. The summed E-state index contributed by atoms with van der Waals surface area (Å²) < 4.78 is 17.9. The van der Waals surface area contributed by atoms with Crippen molar-refractivity contribution < 1.29 is 14.2 Å². The maximum Gasteiger partial charge on any atom is 0.119 e. The van der Waals surface area contributed by atoms with Gasteiger partial charge in [-0.1, -0.05) is 15.9 Å². The van der Waals surface area contributed by atoms with Crippen LogP contribution in [0, 0.1) is 5.92 Å². The summed E-state index contributed by atoms with van der Waals surface area (Å²) >= 11 is 3.61. The number of hydrogen-bond acceptors (Lipinski definition) is 4. The van der Waals surface area contributed by atoms with Crippen LogP contribution < -0.4 is 10.5 Å². The molecular formula is C16H22BrNO3. The largest absolute Gasteiger partial charge is 0.497 e. The molecule has 0 bridgehead atoms. The van der Waals surface area contributed by atoms with Crippen LogP contribution in [-0.4, -0.2) is 32.5 Å². The van der Waals surface area contributed by atoms with Crippen LogP contribution in [0.2, 0.25) is 0 Å². The standard InChI is InChI=1S/C16H22BrNO3/c1-19-12-2-3-14(17)13(8-12)15(18)11-4-6-21-16(9-11)5-7-20-10-16/h2-3,8,11,15H,4-7,9-10,18H2,1H3. The molecule has 2 aliphatic heterocycles. The summed E-state index contributed by atoms with van der Waals surface area (Å²) in [5.41, 5.74) is 7.56. The third-order valence-electron chi connectivity index (χ3n) is 4.67. The summed E-state index contributed by atoms with van der Waals surface area (Å²) in [4.78, 5) is 0. The van der Waals surface area contributed by atoms with E-state index in [2.05, 4.69) is 15.9 Å². The molecule has 4 nitrogen and oxygen atoms in total. The van der Waals surface area contributed by atoms with Crippen molar-refractivity contribution in [2.24, 2.45) is 11.7 Å². The van der Waals surface area contributed by atoms with Gasteiger partial charge in [-0.3, -0.25) is 0 Å². The van der Waals surface area contributed by atoms with Gasteiger partial charge in [-0.15, -0.1) is 0 Å². The molecule has 21 heavy (non-hydrogen) atoms. The normalized spacial score (nSPS) is 30.5. The van der Waals surface area contributed by atoms with Crippen LogP contribution in [0.3, 0.4) is 0 Å². The van der Waals surface area contributed by atoms with Crippen molar-refractivity contribution in [2.45, 2.75) is 30.9 Å². The second-order valence-electron chi connectivity index (χ2n) is 6.00. The molecule has 5 heteroatoms. The highest BCUT2D eigenvalue weighted by Gasteiger charge is 2.42. The molecule has 3 unspecified atom stereocenters. The minimum atomic E-state index is -0.105. The molecular weight excluding hydrogens is 334 g/mol. The van der Waals surface area contributed by atoms with Crippen molar-refractivity contribution in [2.75, 3.05) is 26.9 Å². The van der Waals surface area contributed by atoms with Gasteiger partial charge in [0, 0.05) is 30.1 Å². The Bertz CT molecular complexity index is 502. The summed E-state index contributed by atoms with van der Waals surface area (Å²) in [5.74, 6) is 1.25. The van der Waals surface area contributed by atoms with E-state index in [9.17, 15) is 0 Å². The molecule has 2 aliphatic rings. The molecule has 3 rings (SSSR count). The van der Waals surface area contributed by atoms with Crippen molar-refractivity contribution in [1.29, 1.82) is 0 Å². The Kier molecular flexibility index (Phi) is 4.54. The predicted octanol–water partition coefficient (Wildman–Crippen LogP) is 3.04.